The lowest BCUT2D eigenvalue weighted by atomic mass is 10.3. The highest BCUT2D eigenvalue weighted by molar-refractivity contribution is 7.90. The van der Waals surface area contributed by atoms with E-state index in [0.717, 1.165) is 0 Å². The minimum absolute atomic E-state index is 0.0308. The van der Waals surface area contributed by atoms with Gasteiger partial charge in [0.05, 0.1) is 10.7 Å². The van der Waals surface area contributed by atoms with E-state index < -0.39 is 14.8 Å². The predicted molar refractivity (Wildman–Crippen MR) is 68.4 cm³/mol. The summed E-state index contributed by atoms with van der Waals surface area (Å²) < 4.78 is 21.8. The Balaban J connectivity index is 2.54. The fourth-order valence-corrected chi connectivity index (χ4v) is 2.06. The molecule has 1 N–H and O–H groups in total. The van der Waals surface area contributed by atoms with Crippen molar-refractivity contribution < 1.29 is 13.3 Å². The van der Waals surface area contributed by atoms with Gasteiger partial charge in [-0.3, -0.25) is 10.1 Å². The Kier molecular flexibility index (Phi) is 4.60. The first-order chi connectivity index (χ1) is 8.29. The summed E-state index contributed by atoms with van der Waals surface area (Å²) in [7, 11) is -2.95. The molecule has 7 nitrogen and oxygen atoms in total. The average Bonchev–Trinajstić information content (AvgIpc) is 2.22. The summed E-state index contributed by atoms with van der Waals surface area (Å²) in [6.45, 7) is 2.01. The number of anilines is 1. The van der Waals surface area contributed by atoms with E-state index in [1.165, 1.54) is 18.4 Å². The van der Waals surface area contributed by atoms with Gasteiger partial charge in [0, 0.05) is 18.9 Å². The molecule has 8 heteroatoms. The zero-order valence-electron chi connectivity index (χ0n) is 10.2. The molecule has 1 heterocycles. The third-order valence-corrected chi connectivity index (χ3v) is 3.28. The largest absolute Gasteiger partial charge is 0.370 e. The molecule has 0 aliphatic rings. The van der Waals surface area contributed by atoms with Crippen LogP contribution in [0.2, 0.25) is 0 Å². The number of aromatic nitrogens is 1. The van der Waals surface area contributed by atoms with Crippen LogP contribution >= 0.6 is 0 Å². The van der Waals surface area contributed by atoms with Crippen molar-refractivity contribution in [2.24, 2.45) is 0 Å². The lowest BCUT2D eigenvalue weighted by molar-refractivity contribution is -0.385. The van der Waals surface area contributed by atoms with Gasteiger partial charge in [-0.1, -0.05) is 0 Å². The van der Waals surface area contributed by atoms with Gasteiger partial charge in [0.25, 0.3) is 5.69 Å². The third kappa shape index (κ3) is 4.66. The summed E-state index contributed by atoms with van der Waals surface area (Å²) in [5.74, 6) is 0.609. The minimum Gasteiger partial charge on any atom is -0.370 e. The molecule has 0 bridgehead atoms. The molecule has 0 aliphatic heterocycles. The molecule has 1 aromatic rings. The number of pyridine rings is 1. The number of nitro groups is 1. The van der Waals surface area contributed by atoms with Crippen LogP contribution in [0.25, 0.3) is 0 Å². The van der Waals surface area contributed by atoms with Crippen molar-refractivity contribution >= 4 is 21.3 Å². The molecule has 1 aromatic heterocycles. The molecule has 0 aromatic carbocycles. The van der Waals surface area contributed by atoms with E-state index >= 15 is 0 Å². The number of nitrogens with one attached hydrogen (secondary N) is 1. The fraction of sp³-hybridized carbons (Fsp3) is 0.500. The van der Waals surface area contributed by atoms with Crippen molar-refractivity contribution in [3.63, 3.8) is 0 Å². The van der Waals surface area contributed by atoms with Gasteiger partial charge in [-0.15, -0.1) is 0 Å². The van der Waals surface area contributed by atoms with E-state index in [2.05, 4.69) is 10.3 Å². The van der Waals surface area contributed by atoms with E-state index in [-0.39, 0.29) is 11.4 Å². The molecule has 0 atom stereocenters. The maximum absolute atomic E-state index is 10.9. The van der Waals surface area contributed by atoms with Gasteiger partial charge in [-0.05, 0) is 19.4 Å². The minimum atomic E-state index is -2.95. The number of nitrogens with zero attached hydrogens (tertiary/aromatic N) is 2. The number of hydrogen-bond acceptors (Lipinski definition) is 6. The Morgan fingerprint density at radius 2 is 2.11 bits per heavy atom. The van der Waals surface area contributed by atoms with Gasteiger partial charge in [0.2, 0.25) is 0 Å². The van der Waals surface area contributed by atoms with Crippen molar-refractivity contribution in [2.45, 2.75) is 13.3 Å². The molecule has 0 radical (unpaired) electrons. The van der Waals surface area contributed by atoms with Crippen molar-refractivity contribution in [1.82, 2.24) is 4.98 Å². The molecule has 0 amide bonds. The van der Waals surface area contributed by atoms with E-state index in [4.69, 9.17) is 0 Å². The second-order valence-corrected chi connectivity index (χ2v) is 6.23. The molecule has 18 heavy (non-hydrogen) atoms. The Morgan fingerprint density at radius 3 is 2.61 bits per heavy atom. The van der Waals surface area contributed by atoms with Crippen LogP contribution in [0, 0.1) is 17.0 Å². The van der Waals surface area contributed by atoms with Gasteiger partial charge < -0.3 is 5.32 Å². The van der Waals surface area contributed by atoms with Crippen molar-refractivity contribution in [3.05, 3.63) is 27.9 Å². The lowest BCUT2D eigenvalue weighted by Crippen LogP contribution is -2.10. The molecule has 0 saturated heterocycles. The first-order valence-electron chi connectivity index (χ1n) is 5.33. The van der Waals surface area contributed by atoms with Crippen LogP contribution in [0.15, 0.2) is 12.1 Å². The number of hydrogen-bond donors (Lipinski definition) is 1. The van der Waals surface area contributed by atoms with Crippen LogP contribution in [-0.4, -0.2) is 36.9 Å². The van der Waals surface area contributed by atoms with E-state index in [0.29, 0.717) is 24.5 Å². The normalized spacial score (nSPS) is 11.2. The Labute approximate surface area is 105 Å². The highest BCUT2D eigenvalue weighted by Crippen LogP contribution is 2.17. The second kappa shape index (κ2) is 5.76. The lowest BCUT2D eigenvalue weighted by Gasteiger charge is -2.05. The molecule has 0 unspecified atom stereocenters. The summed E-state index contributed by atoms with van der Waals surface area (Å²) in [4.78, 5) is 14.1. The SMILES string of the molecule is Cc1nc(NCCCS(C)(=O)=O)ccc1[N+](=O)[O-]. The van der Waals surface area contributed by atoms with Crippen LogP contribution in [0.1, 0.15) is 12.1 Å². The topological polar surface area (TPSA) is 102 Å². The Bertz CT molecular complexity index is 542. The van der Waals surface area contributed by atoms with Gasteiger partial charge >= 0.3 is 0 Å². The van der Waals surface area contributed by atoms with Crippen LogP contribution < -0.4 is 5.32 Å². The Hall–Kier alpha value is -1.70. The zero-order valence-corrected chi connectivity index (χ0v) is 11.0. The first kappa shape index (κ1) is 14.4. The molecule has 0 aliphatic carbocycles. The smallest absolute Gasteiger partial charge is 0.290 e. The van der Waals surface area contributed by atoms with Crippen LogP contribution in [0.5, 0.6) is 0 Å². The quantitative estimate of drug-likeness (QED) is 0.474. The van der Waals surface area contributed by atoms with Crippen molar-refractivity contribution in [1.29, 1.82) is 0 Å². The number of rotatable bonds is 6. The summed E-state index contributed by atoms with van der Waals surface area (Å²) >= 11 is 0. The second-order valence-electron chi connectivity index (χ2n) is 3.97. The van der Waals surface area contributed by atoms with Crippen molar-refractivity contribution in [2.75, 3.05) is 23.9 Å². The molecule has 1 rings (SSSR count). The van der Waals surface area contributed by atoms with Gasteiger partial charge in [0.1, 0.15) is 21.3 Å². The maximum atomic E-state index is 10.9. The summed E-state index contributed by atoms with van der Waals surface area (Å²) in [6.07, 6.45) is 1.65. The molecular weight excluding hydrogens is 258 g/mol. The third-order valence-electron chi connectivity index (χ3n) is 2.25. The van der Waals surface area contributed by atoms with Crippen LogP contribution in [0.3, 0.4) is 0 Å². The summed E-state index contributed by atoms with van der Waals surface area (Å²) in [5, 5.41) is 13.5. The van der Waals surface area contributed by atoms with Gasteiger partial charge in [-0.2, -0.15) is 0 Å². The summed E-state index contributed by atoms with van der Waals surface area (Å²) in [6, 6.07) is 2.88. The van der Waals surface area contributed by atoms with E-state index in [9.17, 15) is 18.5 Å². The molecule has 100 valence electrons. The van der Waals surface area contributed by atoms with Crippen LogP contribution in [-0.2, 0) is 9.84 Å². The number of sulfone groups is 1. The number of aryl methyl sites for hydroxylation is 1. The zero-order chi connectivity index (χ0) is 13.8. The highest BCUT2D eigenvalue weighted by atomic mass is 32.2. The van der Waals surface area contributed by atoms with Crippen molar-refractivity contribution in [3.8, 4) is 0 Å². The fourth-order valence-electron chi connectivity index (χ4n) is 1.40. The maximum Gasteiger partial charge on any atom is 0.290 e. The van der Waals surface area contributed by atoms with Gasteiger partial charge in [0.15, 0.2) is 0 Å². The van der Waals surface area contributed by atoms with Gasteiger partial charge in [-0.25, -0.2) is 13.4 Å². The first-order valence-corrected chi connectivity index (χ1v) is 7.39. The molecule has 0 spiro atoms. The predicted octanol–water partition coefficient (Wildman–Crippen LogP) is 1.14. The van der Waals surface area contributed by atoms with Crippen LogP contribution in [0.4, 0.5) is 11.5 Å². The molecule has 0 saturated carbocycles. The molecular formula is C10H15N3O4S. The highest BCUT2D eigenvalue weighted by Gasteiger charge is 2.11. The molecule has 0 fully saturated rings. The monoisotopic (exact) mass is 273 g/mol. The Morgan fingerprint density at radius 1 is 1.44 bits per heavy atom. The van der Waals surface area contributed by atoms with E-state index in [1.807, 2.05) is 0 Å². The average molecular weight is 273 g/mol. The standard InChI is InChI=1S/C10H15N3O4S/c1-8-9(13(14)15)4-5-10(12-8)11-6-3-7-18(2,16)17/h4-5H,3,6-7H2,1-2H3,(H,11,12). The van der Waals surface area contributed by atoms with E-state index in [1.54, 1.807) is 6.92 Å². The summed E-state index contributed by atoms with van der Waals surface area (Å²) in [5.41, 5.74) is 0.296.